The highest BCUT2D eigenvalue weighted by Gasteiger charge is 2.04. The highest BCUT2D eigenvalue weighted by Crippen LogP contribution is 2.20. The van der Waals surface area contributed by atoms with Crippen LogP contribution in [0.25, 0.3) is 11.0 Å². The summed E-state index contributed by atoms with van der Waals surface area (Å²) in [5.74, 6) is 0.548. The topological polar surface area (TPSA) is 39.4 Å². The Morgan fingerprint density at radius 2 is 2.15 bits per heavy atom. The Balaban J connectivity index is 2.95. The molecule has 0 saturated heterocycles. The summed E-state index contributed by atoms with van der Waals surface area (Å²) >= 11 is 0. The van der Waals surface area contributed by atoms with Crippen LogP contribution >= 0.6 is 0 Å². The van der Waals surface area contributed by atoms with E-state index >= 15 is 0 Å². The van der Waals surface area contributed by atoms with Gasteiger partial charge in [-0.15, -0.1) is 0 Å². The third-order valence-electron chi connectivity index (χ3n) is 1.87. The number of hydrogen-bond donors (Lipinski definition) is 0. The monoisotopic (exact) mass is 176 g/mol. The minimum Gasteiger partial charge on any atom is -0.496 e. The molecule has 0 aliphatic rings. The molecule has 0 aliphatic carbocycles. The van der Waals surface area contributed by atoms with Crippen LogP contribution in [-0.2, 0) is 0 Å². The molecular weight excluding hydrogens is 168 g/mol. The summed E-state index contributed by atoms with van der Waals surface area (Å²) in [6.45, 7) is 0. The molecule has 0 bridgehead atoms. The van der Waals surface area contributed by atoms with Crippen LogP contribution in [0.4, 0.5) is 0 Å². The van der Waals surface area contributed by atoms with Gasteiger partial charge in [0.15, 0.2) is 5.43 Å². The zero-order valence-corrected chi connectivity index (χ0v) is 7.11. The van der Waals surface area contributed by atoms with Gasteiger partial charge in [-0.2, -0.15) is 0 Å². The van der Waals surface area contributed by atoms with E-state index in [1.165, 1.54) is 19.4 Å². The lowest BCUT2D eigenvalue weighted by atomic mass is 10.2. The van der Waals surface area contributed by atoms with Crippen molar-refractivity contribution in [3.63, 3.8) is 0 Å². The van der Waals surface area contributed by atoms with E-state index in [4.69, 9.17) is 9.15 Å². The fourth-order valence-corrected chi connectivity index (χ4v) is 1.27. The molecule has 0 unspecified atom stereocenters. The molecule has 0 saturated carbocycles. The first kappa shape index (κ1) is 7.86. The van der Waals surface area contributed by atoms with E-state index in [-0.39, 0.29) is 5.43 Å². The van der Waals surface area contributed by atoms with E-state index in [0.29, 0.717) is 16.7 Å². The second kappa shape index (κ2) is 2.94. The Kier molecular flexibility index (Phi) is 1.77. The van der Waals surface area contributed by atoms with Crippen LogP contribution in [0.15, 0.2) is 39.7 Å². The smallest absolute Gasteiger partial charge is 0.196 e. The second-order valence-electron chi connectivity index (χ2n) is 2.62. The van der Waals surface area contributed by atoms with E-state index in [9.17, 15) is 4.79 Å². The van der Waals surface area contributed by atoms with Crippen LogP contribution in [-0.4, -0.2) is 7.11 Å². The predicted molar refractivity (Wildman–Crippen MR) is 49.0 cm³/mol. The Hall–Kier alpha value is -1.77. The van der Waals surface area contributed by atoms with Gasteiger partial charge in [-0.1, -0.05) is 6.07 Å². The van der Waals surface area contributed by atoms with Crippen LogP contribution in [0.1, 0.15) is 0 Å². The van der Waals surface area contributed by atoms with E-state index in [2.05, 4.69) is 0 Å². The molecule has 13 heavy (non-hydrogen) atoms. The van der Waals surface area contributed by atoms with Gasteiger partial charge in [-0.05, 0) is 12.1 Å². The maximum atomic E-state index is 11.4. The highest BCUT2D eigenvalue weighted by molar-refractivity contribution is 5.82. The van der Waals surface area contributed by atoms with Gasteiger partial charge < -0.3 is 9.15 Å². The summed E-state index contributed by atoms with van der Waals surface area (Å²) in [5.41, 5.74) is 0.463. The van der Waals surface area contributed by atoms with Crippen LogP contribution < -0.4 is 10.2 Å². The zero-order chi connectivity index (χ0) is 9.26. The van der Waals surface area contributed by atoms with Crippen LogP contribution in [0.3, 0.4) is 0 Å². The van der Waals surface area contributed by atoms with Crippen LogP contribution in [0.5, 0.6) is 5.75 Å². The average Bonchev–Trinajstić information content (AvgIpc) is 2.17. The Morgan fingerprint density at radius 1 is 1.31 bits per heavy atom. The van der Waals surface area contributed by atoms with Gasteiger partial charge in [0.25, 0.3) is 0 Å². The first-order valence-corrected chi connectivity index (χ1v) is 3.87. The maximum Gasteiger partial charge on any atom is 0.196 e. The first-order chi connectivity index (χ1) is 6.33. The fraction of sp³-hybridized carbons (Fsp3) is 0.100. The molecule has 0 amide bonds. The lowest BCUT2D eigenvalue weighted by molar-refractivity contribution is 0.418. The molecule has 0 N–H and O–H groups in total. The van der Waals surface area contributed by atoms with Gasteiger partial charge in [0.2, 0.25) is 0 Å². The molecule has 1 aromatic carbocycles. The van der Waals surface area contributed by atoms with Crippen molar-refractivity contribution in [3.05, 3.63) is 40.8 Å². The van der Waals surface area contributed by atoms with Crippen molar-refractivity contribution in [2.75, 3.05) is 7.11 Å². The molecule has 2 aromatic rings. The largest absolute Gasteiger partial charge is 0.496 e. The quantitative estimate of drug-likeness (QED) is 0.665. The maximum absolute atomic E-state index is 11.4. The second-order valence-corrected chi connectivity index (χ2v) is 2.62. The van der Waals surface area contributed by atoms with Gasteiger partial charge in [0.1, 0.15) is 16.7 Å². The molecule has 1 aromatic heterocycles. The predicted octanol–water partition coefficient (Wildman–Crippen LogP) is 1.80. The molecule has 2 rings (SSSR count). The van der Waals surface area contributed by atoms with Crippen molar-refractivity contribution in [1.82, 2.24) is 0 Å². The number of benzene rings is 1. The average molecular weight is 176 g/mol. The SMILES string of the molecule is COc1cccc2occc(=O)c12. The molecule has 1 heterocycles. The van der Waals surface area contributed by atoms with Crippen LogP contribution in [0.2, 0.25) is 0 Å². The summed E-state index contributed by atoms with van der Waals surface area (Å²) in [7, 11) is 1.53. The number of rotatable bonds is 1. The summed E-state index contributed by atoms with van der Waals surface area (Å²) in [5, 5.41) is 0.493. The summed E-state index contributed by atoms with van der Waals surface area (Å²) in [4.78, 5) is 11.4. The Morgan fingerprint density at radius 3 is 2.92 bits per heavy atom. The fourth-order valence-electron chi connectivity index (χ4n) is 1.27. The molecule has 0 spiro atoms. The van der Waals surface area contributed by atoms with Gasteiger partial charge in [-0.25, -0.2) is 0 Å². The highest BCUT2D eigenvalue weighted by atomic mass is 16.5. The zero-order valence-electron chi connectivity index (χ0n) is 7.11. The summed E-state index contributed by atoms with van der Waals surface area (Å²) < 4.78 is 10.2. The molecule has 0 aliphatic heterocycles. The van der Waals surface area contributed by atoms with Crippen molar-refractivity contribution in [3.8, 4) is 5.75 Å². The normalized spacial score (nSPS) is 10.2. The minimum atomic E-state index is -0.0845. The third kappa shape index (κ3) is 1.18. The van der Waals surface area contributed by atoms with E-state index in [0.717, 1.165) is 0 Å². The lowest BCUT2D eigenvalue weighted by Crippen LogP contribution is -2.00. The Labute approximate surface area is 74.6 Å². The van der Waals surface area contributed by atoms with Crippen molar-refractivity contribution < 1.29 is 9.15 Å². The van der Waals surface area contributed by atoms with E-state index in [1.54, 1.807) is 18.2 Å². The van der Waals surface area contributed by atoms with Gasteiger partial charge in [0, 0.05) is 6.07 Å². The van der Waals surface area contributed by atoms with E-state index in [1.807, 2.05) is 0 Å². The molecule has 3 nitrogen and oxygen atoms in total. The minimum absolute atomic E-state index is 0.0845. The van der Waals surface area contributed by atoms with Gasteiger partial charge >= 0.3 is 0 Å². The van der Waals surface area contributed by atoms with Crippen molar-refractivity contribution >= 4 is 11.0 Å². The Bertz CT molecular complexity index is 479. The van der Waals surface area contributed by atoms with Crippen molar-refractivity contribution in [2.24, 2.45) is 0 Å². The molecule has 66 valence electrons. The lowest BCUT2D eigenvalue weighted by Gasteiger charge is -2.01. The number of methoxy groups -OCH3 is 1. The standard InChI is InChI=1S/C10H8O3/c1-12-8-3-2-4-9-10(8)7(11)5-6-13-9/h2-6H,1H3. The third-order valence-corrected chi connectivity index (χ3v) is 1.87. The van der Waals surface area contributed by atoms with Gasteiger partial charge in [0.05, 0.1) is 13.4 Å². The van der Waals surface area contributed by atoms with Crippen LogP contribution in [0, 0.1) is 0 Å². The molecular formula is C10H8O3. The molecule has 0 fully saturated rings. The summed E-state index contributed by atoms with van der Waals surface area (Å²) in [6, 6.07) is 6.63. The number of fused-ring (bicyclic) bond motifs is 1. The number of ether oxygens (including phenoxy) is 1. The molecule has 0 radical (unpaired) electrons. The van der Waals surface area contributed by atoms with Crippen molar-refractivity contribution in [1.29, 1.82) is 0 Å². The van der Waals surface area contributed by atoms with E-state index < -0.39 is 0 Å². The molecule has 0 atom stereocenters. The van der Waals surface area contributed by atoms with Crippen molar-refractivity contribution in [2.45, 2.75) is 0 Å². The molecule has 3 heteroatoms. The number of hydrogen-bond acceptors (Lipinski definition) is 3. The van der Waals surface area contributed by atoms with Gasteiger partial charge in [-0.3, -0.25) is 4.79 Å². The first-order valence-electron chi connectivity index (χ1n) is 3.87. The summed E-state index contributed by atoms with van der Waals surface area (Å²) in [6.07, 6.45) is 1.38.